The van der Waals surface area contributed by atoms with Crippen LogP contribution in [0.4, 0.5) is 13.2 Å². The standard InChI is InChI=1S/C23H24F3N/c1-17(20-12-5-9-18-8-3-4-11-21(18)20)27-15-7-14-22(2)13-6-10-19(16-22)23(24,25)26/h3-6,8-13,15,17H,7,14,16H2,1-2H3. The first-order valence-electron chi connectivity index (χ1n) is 9.23. The van der Waals surface area contributed by atoms with Crippen LogP contribution in [0.1, 0.15) is 44.7 Å². The Morgan fingerprint density at radius 2 is 1.89 bits per heavy atom. The number of allylic oxidation sites excluding steroid dienone is 4. The molecule has 0 heterocycles. The molecule has 1 aliphatic rings. The summed E-state index contributed by atoms with van der Waals surface area (Å²) in [5.41, 5.74) is 0.234. The molecule has 0 N–H and O–H groups in total. The number of rotatable bonds is 5. The zero-order valence-electron chi connectivity index (χ0n) is 15.6. The van der Waals surface area contributed by atoms with Crippen molar-refractivity contribution in [1.82, 2.24) is 0 Å². The molecule has 3 rings (SSSR count). The van der Waals surface area contributed by atoms with Crippen molar-refractivity contribution in [1.29, 1.82) is 0 Å². The highest BCUT2D eigenvalue weighted by molar-refractivity contribution is 5.86. The van der Waals surface area contributed by atoms with Crippen LogP contribution in [0.5, 0.6) is 0 Å². The fourth-order valence-electron chi connectivity index (χ4n) is 3.64. The van der Waals surface area contributed by atoms with Crippen molar-refractivity contribution in [3.05, 3.63) is 71.8 Å². The lowest BCUT2D eigenvalue weighted by molar-refractivity contribution is -0.0967. The van der Waals surface area contributed by atoms with E-state index in [0.717, 1.165) is 5.56 Å². The summed E-state index contributed by atoms with van der Waals surface area (Å²) in [5.74, 6) is 0. The lowest BCUT2D eigenvalue weighted by Crippen LogP contribution is -2.23. The SMILES string of the molecule is CC(N=CCCC1(C)C=CC=C(C(F)(F)F)C1)c1cccc2ccccc12. The Morgan fingerprint density at radius 1 is 1.15 bits per heavy atom. The first-order chi connectivity index (χ1) is 12.8. The molecule has 2 aromatic carbocycles. The molecule has 2 unspecified atom stereocenters. The van der Waals surface area contributed by atoms with E-state index in [0.29, 0.717) is 12.8 Å². The predicted molar refractivity (Wildman–Crippen MR) is 106 cm³/mol. The van der Waals surface area contributed by atoms with Crippen LogP contribution >= 0.6 is 0 Å². The van der Waals surface area contributed by atoms with Crippen molar-refractivity contribution < 1.29 is 13.2 Å². The van der Waals surface area contributed by atoms with Crippen molar-refractivity contribution in [2.75, 3.05) is 0 Å². The normalized spacial score (nSPS) is 21.6. The lowest BCUT2D eigenvalue weighted by atomic mass is 9.76. The van der Waals surface area contributed by atoms with Crippen molar-refractivity contribution in [2.24, 2.45) is 10.4 Å². The Labute approximate surface area is 158 Å². The van der Waals surface area contributed by atoms with E-state index in [4.69, 9.17) is 0 Å². The number of fused-ring (bicyclic) bond motifs is 1. The van der Waals surface area contributed by atoms with E-state index >= 15 is 0 Å². The minimum absolute atomic E-state index is 0.0106. The number of aliphatic imine (C=N–C) groups is 1. The third-order valence-electron chi connectivity index (χ3n) is 5.20. The smallest absolute Gasteiger partial charge is 0.290 e. The van der Waals surface area contributed by atoms with Crippen LogP contribution in [0.3, 0.4) is 0 Å². The molecule has 0 fully saturated rings. The molecule has 1 aliphatic carbocycles. The highest BCUT2D eigenvalue weighted by atomic mass is 19.4. The summed E-state index contributed by atoms with van der Waals surface area (Å²) in [6, 6.07) is 14.4. The van der Waals surface area contributed by atoms with Crippen molar-refractivity contribution >= 4 is 17.0 Å². The molecule has 0 radical (unpaired) electrons. The van der Waals surface area contributed by atoms with Gasteiger partial charge in [-0.05, 0) is 54.2 Å². The molecule has 0 aromatic heterocycles. The molecule has 0 bridgehead atoms. The van der Waals surface area contributed by atoms with Gasteiger partial charge in [0.05, 0.1) is 6.04 Å². The van der Waals surface area contributed by atoms with Gasteiger partial charge in [-0.2, -0.15) is 13.2 Å². The number of halogens is 3. The molecule has 0 amide bonds. The number of hydrogen-bond donors (Lipinski definition) is 0. The first kappa shape index (κ1) is 19.4. The molecular formula is C23H24F3N. The maximum Gasteiger partial charge on any atom is 0.412 e. The average Bonchev–Trinajstić information content (AvgIpc) is 2.64. The van der Waals surface area contributed by atoms with Crippen LogP contribution in [-0.4, -0.2) is 12.4 Å². The van der Waals surface area contributed by atoms with Gasteiger partial charge in [0.25, 0.3) is 0 Å². The minimum Gasteiger partial charge on any atom is -0.290 e. The van der Waals surface area contributed by atoms with E-state index in [9.17, 15) is 13.2 Å². The van der Waals surface area contributed by atoms with Crippen molar-refractivity contribution in [3.63, 3.8) is 0 Å². The second-order valence-electron chi connectivity index (χ2n) is 7.49. The quantitative estimate of drug-likeness (QED) is 0.493. The number of alkyl halides is 3. The summed E-state index contributed by atoms with van der Waals surface area (Å²) in [6.45, 7) is 3.93. The van der Waals surface area contributed by atoms with Crippen molar-refractivity contribution in [2.45, 2.75) is 45.3 Å². The highest BCUT2D eigenvalue weighted by Crippen LogP contribution is 2.41. The van der Waals surface area contributed by atoms with Gasteiger partial charge in [0, 0.05) is 5.57 Å². The first-order valence-corrected chi connectivity index (χ1v) is 9.23. The Balaban J connectivity index is 1.63. The van der Waals surface area contributed by atoms with Gasteiger partial charge in [0.15, 0.2) is 0 Å². The Hall–Kier alpha value is -2.36. The fraction of sp³-hybridized carbons (Fsp3) is 0.348. The third-order valence-corrected chi connectivity index (χ3v) is 5.20. The summed E-state index contributed by atoms with van der Waals surface area (Å²) < 4.78 is 38.9. The zero-order valence-corrected chi connectivity index (χ0v) is 15.6. The van der Waals surface area contributed by atoms with Crippen LogP contribution in [0.25, 0.3) is 10.8 Å². The Bertz CT molecular complexity index is 887. The number of hydrogen-bond acceptors (Lipinski definition) is 1. The molecule has 142 valence electrons. The van der Waals surface area contributed by atoms with E-state index in [-0.39, 0.29) is 12.5 Å². The van der Waals surface area contributed by atoms with E-state index in [1.165, 1.54) is 22.9 Å². The van der Waals surface area contributed by atoms with Crippen LogP contribution in [0, 0.1) is 5.41 Å². The van der Waals surface area contributed by atoms with E-state index in [1.54, 1.807) is 0 Å². The van der Waals surface area contributed by atoms with Gasteiger partial charge in [0.2, 0.25) is 0 Å². The van der Waals surface area contributed by atoms with Crippen LogP contribution in [0.2, 0.25) is 0 Å². The average molecular weight is 371 g/mol. The molecule has 0 saturated carbocycles. The fourth-order valence-corrected chi connectivity index (χ4v) is 3.64. The molecule has 2 atom stereocenters. The lowest BCUT2D eigenvalue weighted by Gasteiger charge is -2.30. The summed E-state index contributed by atoms with van der Waals surface area (Å²) >= 11 is 0. The molecule has 27 heavy (non-hydrogen) atoms. The largest absolute Gasteiger partial charge is 0.412 e. The monoisotopic (exact) mass is 371 g/mol. The van der Waals surface area contributed by atoms with Crippen LogP contribution in [-0.2, 0) is 0 Å². The summed E-state index contributed by atoms with van der Waals surface area (Å²) in [7, 11) is 0. The van der Waals surface area contributed by atoms with Crippen molar-refractivity contribution in [3.8, 4) is 0 Å². The van der Waals surface area contributed by atoms with Crippen LogP contribution in [0.15, 0.2) is 71.3 Å². The zero-order chi connectivity index (χ0) is 19.5. The van der Waals surface area contributed by atoms with Gasteiger partial charge in [-0.1, -0.05) is 67.6 Å². The maximum absolute atomic E-state index is 13.0. The molecule has 4 heteroatoms. The van der Waals surface area contributed by atoms with Gasteiger partial charge in [-0.3, -0.25) is 4.99 Å². The van der Waals surface area contributed by atoms with Gasteiger partial charge in [-0.25, -0.2) is 0 Å². The van der Waals surface area contributed by atoms with Gasteiger partial charge in [0.1, 0.15) is 0 Å². The van der Waals surface area contributed by atoms with E-state index < -0.39 is 17.2 Å². The molecular weight excluding hydrogens is 347 g/mol. The topological polar surface area (TPSA) is 12.4 Å². The Kier molecular flexibility index (Phi) is 5.54. The molecule has 0 spiro atoms. The van der Waals surface area contributed by atoms with Crippen LogP contribution < -0.4 is 0 Å². The highest BCUT2D eigenvalue weighted by Gasteiger charge is 2.38. The van der Waals surface area contributed by atoms with Gasteiger partial charge >= 0.3 is 6.18 Å². The van der Waals surface area contributed by atoms with Gasteiger partial charge in [-0.15, -0.1) is 0 Å². The van der Waals surface area contributed by atoms with Gasteiger partial charge < -0.3 is 0 Å². The van der Waals surface area contributed by atoms with E-state index in [1.807, 2.05) is 44.3 Å². The summed E-state index contributed by atoms with van der Waals surface area (Å²) in [4.78, 5) is 4.64. The second-order valence-corrected chi connectivity index (χ2v) is 7.49. The second kappa shape index (κ2) is 7.71. The Morgan fingerprint density at radius 3 is 2.67 bits per heavy atom. The molecule has 1 nitrogen and oxygen atoms in total. The van der Waals surface area contributed by atoms with E-state index in [2.05, 4.69) is 29.3 Å². The number of nitrogens with zero attached hydrogens (tertiary/aromatic N) is 1. The minimum atomic E-state index is -4.25. The molecule has 0 aliphatic heterocycles. The molecule has 2 aromatic rings. The maximum atomic E-state index is 13.0. The summed E-state index contributed by atoms with van der Waals surface area (Å²) in [5, 5.41) is 2.37. The third kappa shape index (κ3) is 4.68. The summed E-state index contributed by atoms with van der Waals surface area (Å²) in [6.07, 6.45) is 3.52. The molecule has 0 saturated heterocycles. The number of benzene rings is 2. The predicted octanol–water partition coefficient (Wildman–Crippen LogP) is 7.21.